The van der Waals surface area contributed by atoms with Crippen LogP contribution >= 0.6 is 0 Å². The lowest BCUT2D eigenvalue weighted by Crippen LogP contribution is -2.50. The Labute approximate surface area is 120 Å². The molecule has 2 aliphatic heterocycles. The summed E-state index contributed by atoms with van der Waals surface area (Å²) in [7, 11) is 1.42. The van der Waals surface area contributed by atoms with Crippen molar-refractivity contribution in [1.82, 2.24) is 14.7 Å². The predicted octanol–water partition coefficient (Wildman–Crippen LogP) is -0.210. The molecule has 6 heteroatoms. The van der Waals surface area contributed by atoms with Crippen LogP contribution in [0.4, 0.5) is 0 Å². The lowest BCUT2D eigenvalue weighted by atomic mass is 10.3. The predicted molar refractivity (Wildman–Crippen MR) is 75.3 cm³/mol. The van der Waals surface area contributed by atoms with E-state index in [1.807, 2.05) is 4.90 Å². The molecule has 114 valence electrons. The van der Waals surface area contributed by atoms with E-state index in [-0.39, 0.29) is 11.9 Å². The zero-order valence-electron chi connectivity index (χ0n) is 12.3. The molecule has 0 aromatic heterocycles. The molecule has 0 radical (unpaired) electrons. The van der Waals surface area contributed by atoms with Crippen molar-refractivity contribution >= 4 is 11.9 Å². The topological polar surface area (TPSA) is 53.1 Å². The van der Waals surface area contributed by atoms with Crippen molar-refractivity contribution < 1.29 is 14.3 Å². The van der Waals surface area contributed by atoms with Crippen molar-refractivity contribution in [2.75, 3.05) is 59.5 Å². The van der Waals surface area contributed by atoms with Crippen molar-refractivity contribution in [2.45, 2.75) is 19.3 Å². The summed E-state index contributed by atoms with van der Waals surface area (Å²) in [6, 6.07) is 0. The zero-order chi connectivity index (χ0) is 14.4. The molecule has 0 N–H and O–H groups in total. The molecule has 2 saturated heterocycles. The molecule has 1 amide bonds. The Bertz CT molecular complexity index is 335. The van der Waals surface area contributed by atoms with Crippen LogP contribution in [0.5, 0.6) is 0 Å². The second kappa shape index (κ2) is 7.59. The first-order valence-electron chi connectivity index (χ1n) is 7.48. The fraction of sp³-hybridized carbons (Fsp3) is 0.857. The summed E-state index contributed by atoms with van der Waals surface area (Å²) in [4.78, 5) is 29.6. The largest absolute Gasteiger partial charge is 0.469 e. The van der Waals surface area contributed by atoms with E-state index in [4.69, 9.17) is 0 Å². The molecule has 20 heavy (non-hydrogen) atoms. The Kier molecular flexibility index (Phi) is 5.79. The highest BCUT2D eigenvalue weighted by molar-refractivity contribution is 5.78. The Balaban J connectivity index is 1.63. The van der Waals surface area contributed by atoms with E-state index in [2.05, 4.69) is 14.5 Å². The van der Waals surface area contributed by atoms with Crippen molar-refractivity contribution in [3.05, 3.63) is 0 Å². The molecular formula is C14H25N3O3. The third kappa shape index (κ3) is 4.45. The number of esters is 1. The highest BCUT2D eigenvalue weighted by atomic mass is 16.5. The Morgan fingerprint density at radius 2 is 1.55 bits per heavy atom. The van der Waals surface area contributed by atoms with Gasteiger partial charge < -0.3 is 14.5 Å². The molecule has 2 aliphatic rings. The second-order valence-corrected chi connectivity index (χ2v) is 5.53. The van der Waals surface area contributed by atoms with Gasteiger partial charge in [0.05, 0.1) is 20.1 Å². The molecule has 6 nitrogen and oxygen atoms in total. The van der Waals surface area contributed by atoms with Gasteiger partial charge in [-0.3, -0.25) is 14.5 Å². The van der Waals surface area contributed by atoms with E-state index in [1.54, 1.807) is 0 Å². The number of hydrogen-bond donors (Lipinski definition) is 0. The fourth-order valence-corrected chi connectivity index (χ4v) is 2.78. The minimum absolute atomic E-state index is 0.156. The first kappa shape index (κ1) is 15.3. The van der Waals surface area contributed by atoms with E-state index in [9.17, 15) is 9.59 Å². The zero-order valence-corrected chi connectivity index (χ0v) is 12.3. The quantitative estimate of drug-likeness (QED) is 0.654. The van der Waals surface area contributed by atoms with Gasteiger partial charge in [-0.1, -0.05) is 0 Å². The van der Waals surface area contributed by atoms with Crippen molar-refractivity contribution in [3.63, 3.8) is 0 Å². The first-order valence-corrected chi connectivity index (χ1v) is 7.48. The average molecular weight is 283 g/mol. The van der Waals surface area contributed by atoms with Crippen LogP contribution in [-0.4, -0.2) is 86.0 Å². The van der Waals surface area contributed by atoms with Gasteiger partial charge in [0, 0.05) is 45.8 Å². The van der Waals surface area contributed by atoms with Gasteiger partial charge in [0.1, 0.15) is 0 Å². The van der Waals surface area contributed by atoms with E-state index in [0.29, 0.717) is 13.0 Å². The van der Waals surface area contributed by atoms with Crippen LogP contribution in [0.3, 0.4) is 0 Å². The molecular weight excluding hydrogens is 258 g/mol. The summed E-state index contributed by atoms with van der Waals surface area (Å²) in [6.45, 7) is 6.80. The standard InChI is InChI=1S/C14H25N3O3/c1-20-14(19)4-7-15-8-10-16(11-9-15)12-13(18)17-5-2-3-6-17/h2-12H2,1H3. The van der Waals surface area contributed by atoms with Crippen molar-refractivity contribution in [2.24, 2.45) is 0 Å². The molecule has 0 atom stereocenters. The molecule has 0 spiro atoms. The van der Waals surface area contributed by atoms with E-state index < -0.39 is 0 Å². The number of methoxy groups -OCH3 is 1. The van der Waals surface area contributed by atoms with E-state index in [0.717, 1.165) is 58.7 Å². The monoisotopic (exact) mass is 283 g/mol. The Morgan fingerprint density at radius 3 is 2.15 bits per heavy atom. The molecule has 0 aromatic rings. The number of nitrogens with zero attached hydrogens (tertiary/aromatic N) is 3. The number of piperazine rings is 1. The summed E-state index contributed by atoms with van der Waals surface area (Å²) in [6.07, 6.45) is 2.74. The van der Waals surface area contributed by atoms with Crippen LogP contribution in [-0.2, 0) is 14.3 Å². The number of ether oxygens (including phenoxy) is 1. The molecule has 0 unspecified atom stereocenters. The molecule has 0 saturated carbocycles. The van der Waals surface area contributed by atoms with Crippen molar-refractivity contribution in [1.29, 1.82) is 0 Å². The average Bonchev–Trinajstić information content (AvgIpc) is 3.00. The van der Waals surface area contributed by atoms with Crippen LogP contribution in [0.15, 0.2) is 0 Å². The maximum absolute atomic E-state index is 12.1. The number of carbonyl (C=O) groups excluding carboxylic acids is 2. The molecule has 0 aromatic carbocycles. The third-order valence-corrected chi connectivity index (χ3v) is 4.14. The summed E-state index contributed by atoms with van der Waals surface area (Å²) >= 11 is 0. The Morgan fingerprint density at radius 1 is 0.950 bits per heavy atom. The second-order valence-electron chi connectivity index (χ2n) is 5.53. The third-order valence-electron chi connectivity index (χ3n) is 4.14. The van der Waals surface area contributed by atoms with Crippen LogP contribution in [0, 0.1) is 0 Å². The molecule has 0 aliphatic carbocycles. The molecule has 2 fully saturated rings. The SMILES string of the molecule is COC(=O)CCN1CCN(CC(=O)N2CCCC2)CC1. The number of likely N-dealkylation sites (tertiary alicyclic amines) is 1. The Hall–Kier alpha value is -1.14. The highest BCUT2D eigenvalue weighted by Gasteiger charge is 2.23. The van der Waals surface area contributed by atoms with Crippen LogP contribution < -0.4 is 0 Å². The van der Waals surface area contributed by atoms with Gasteiger partial charge in [0.25, 0.3) is 0 Å². The number of carbonyl (C=O) groups is 2. The molecule has 2 rings (SSSR count). The maximum Gasteiger partial charge on any atom is 0.306 e. The van der Waals surface area contributed by atoms with Gasteiger partial charge in [-0.2, -0.15) is 0 Å². The molecule has 2 heterocycles. The lowest BCUT2D eigenvalue weighted by molar-refractivity contribution is -0.141. The summed E-state index contributed by atoms with van der Waals surface area (Å²) in [5.41, 5.74) is 0. The lowest BCUT2D eigenvalue weighted by Gasteiger charge is -2.34. The summed E-state index contributed by atoms with van der Waals surface area (Å²) < 4.78 is 4.65. The van der Waals surface area contributed by atoms with Gasteiger partial charge in [0.15, 0.2) is 0 Å². The van der Waals surface area contributed by atoms with Crippen LogP contribution in [0.2, 0.25) is 0 Å². The minimum Gasteiger partial charge on any atom is -0.469 e. The smallest absolute Gasteiger partial charge is 0.306 e. The van der Waals surface area contributed by atoms with Gasteiger partial charge in [-0.05, 0) is 12.8 Å². The maximum atomic E-state index is 12.1. The van der Waals surface area contributed by atoms with Gasteiger partial charge in [0.2, 0.25) is 5.91 Å². The van der Waals surface area contributed by atoms with Gasteiger partial charge in [-0.15, -0.1) is 0 Å². The molecule has 0 bridgehead atoms. The van der Waals surface area contributed by atoms with Gasteiger partial charge >= 0.3 is 5.97 Å². The fourth-order valence-electron chi connectivity index (χ4n) is 2.78. The summed E-state index contributed by atoms with van der Waals surface area (Å²) in [5.74, 6) is 0.113. The number of rotatable bonds is 5. The first-order chi connectivity index (χ1) is 9.69. The van der Waals surface area contributed by atoms with Crippen LogP contribution in [0.1, 0.15) is 19.3 Å². The van der Waals surface area contributed by atoms with Gasteiger partial charge in [-0.25, -0.2) is 0 Å². The van der Waals surface area contributed by atoms with E-state index >= 15 is 0 Å². The van der Waals surface area contributed by atoms with E-state index in [1.165, 1.54) is 7.11 Å². The normalized spacial score (nSPS) is 21.1. The van der Waals surface area contributed by atoms with Crippen LogP contribution in [0.25, 0.3) is 0 Å². The number of amides is 1. The summed E-state index contributed by atoms with van der Waals surface area (Å²) in [5, 5.41) is 0. The number of hydrogen-bond acceptors (Lipinski definition) is 5. The highest BCUT2D eigenvalue weighted by Crippen LogP contribution is 2.09. The van der Waals surface area contributed by atoms with Crippen molar-refractivity contribution in [3.8, 4) is 0 Å². The minimum atomic E-state index is -0.156.